The topological polar surface area (TPSA) is 35.5 Å². The van der Waals surface area contributed by atoms with Crippen LogP contribution < -0.4 is 0 Å². The molecule has 2 aliphatic heterocycles. The minimum atomic E-state index is -0.864. The lowest BCUT2D eigenvalue weighted by atomic mass is 9.92. The summed E-state index contributed by atoms with van der Waals surface area (Å²) in [5, 5.41) is 0. The maximum Gasteiger partial charge on any atom is 0.229 e. The number of rotatable bonds is 1. The van der Waals surface area contributed by atoms with Crippen molar-refractivity contribution in [2.45, 2.75) is 38.6 Å². The van der Waals surface area contributed by atoms with Crippen LogP contribution in [0.1, 0.15) is 26.7 Å². The summed E-state index contributed by atoms with van der Waals surface area (Å²) >= 11 is 0. The second kappa shape index (κ2) is 2.54. The Morgan fingerprint density at radius 1 is 1.67 bits per heavy atom. The van der Waals surface area contributed by atoms with Crippen LogP contribution in [0.2, 0.25) is 0 Å². The molecule has 0 spiro atoms. The number of carbonyl (C=O) groups is 1. The van der Waals surface area contributed by atoms with Gasteiger partial charge in [-0.15, -0.1) is 0 Å². The zero-order valence-corrected chi connectivity index (χ0v) is 7.50. The highest BCUT2D eigenvalue weighted by Crippen LogP contribution is 2.38. The molecule has 3 nitrogen and oxygen atoms in total. The van der Waals surface area contributed by atoms with Crippen LogP contribution in [0, 0.1) is 5.92 Å². The Labute approximate surface area is 72.0 Å². The molecular formula is C9H14O3. The molecule has 0 aromatic rings. The largest absolute Gasteiger partial charge is 0.341 e. The zero-order chi connectivity index (χ0) is 8.77. The summed E-state index contributed by atoms with van der Waals surface area (Å²) in [4.78, 5) is 11.6. The monoisotopic (exact) mass is 170 g/mol. The van der Waals surface area contributed by atoms with E-state index in [1.54, 1.807) is 0 Å². The Morgan fingerprint density at radius 2 is 2.42 bits per heavy atom. The second-order valence-corrected chi connectivity index (χ2v) is 3.68. The molecule has 0 radical (unpaired) electrons. The standard InChI is InChI=1S/C9H14O3/c1-3-9-8(10)4-6(2)7(12-9)5-11-9/h6-7H,3-5H2,1-2H3/t6-,7+,9+/m0/s1. The van der Waals surface area contributed by atoms with Crippen molar-refractivity contribution in [1.29, 1.82) is 0 Å². The minimum Gasteiger partial charge on any atom is -0.341 e. The average molecular weight is 170 g/mol. The molecule has 68 valence electrons. The number of hydrogen-bond donors (Lipinski definition) is 0. The first-order valence-corrected chi connectivity index (χ1v) is 4.53. The summed E-state index contributed by atoms with van der Waals surface area (Å²) in [6.45, 7) is 4.55. The van der Waals surface area contributed by atoms with Gasteiger partial charge in [-0.25, -0.2) is 0 Å². The van der Waals surface area contributed by atoms with Crippen molar-refractivity contribution >= 4 is 5.78 Å². The fourth-order valence-corrected chi connectivity index (χ4v) is 1.92. The van der Waals surface area contributed by atoms with Gasteiger partial charge in [0.2, 0.25) is 5.79 Å². The Bertz CT molecular complexity index is 214. The number of ketones is 1. The fourth-order valence-electron chi connectivity index (χ4n) is 1.92. The predicted octanol–water partition coefficient (Wildman–Crippen LogP) is 1.12. The van der Waals surface area contributed by atoms with Gasteiger partial charge in [0, 0.05) is 12.8 Å². The van der Waals surface area contributed by atoms with Crippen molar-refractivity contribution in [3.63, 3.8) is 0 Å². The van der Waals surface area contributed by atoms with Gasteiger partial charge in [-0.05, 0) is 5.92 Å². The first-order valence-electron chi connectivity index (χ1n) is 4.53. The average Bonchev–Trinajstić information content (AvgIpc) is 2.44. The molecule has 2 fully saturated rings. The first-order chi connectivity index (χ1) is 5.68. The lowest BCUT2D eigenvalue weighted by Crippen LogP contribution is -2.45. The molecule has 2 heterocycles. The van der Waals surface area contributed by atoms with Gasteiger partial charge in [-0.3, -0.25) is 4.79 Å². The Morgan fingerprint density at radius 3 is 3.08 bits per heavy atom. The number of fused-ring (bicyclic) bond motifs is 2. The fraction of sp³-hybridized carbons (Fsp3) is 0.889. The highest BCUT2D eigenvalue weighted by atomic mass is 16.7. The van der Waals surface area contributed by atoms with Crippen LogP contribution in [0.25, 0.3) is 0 Å². The summed E-state index contributed by atoms with van der Waals surface area (Å²) in [5.41, 5.74) is 0. The van der Waals surface area contributed by atoms with Crippen LogP contribution in [-0.2, 0) is 14.3 Å². The van der Waals surface area contributed by atoms with E-state index in [4.69, 9.17) is 9.47 Å². The van der Waals surface area contributed by atoms with Gasteiger partial charge in [0.05, 0.1) is 12.7 Å². The van der Waals surface area contributed by atoms with E-state index >= 15 is 0 Å². The van der Waals surface area contributed by atoms with Gasteiger partial charge in [0.25, 0.3) is 0 Å². The van der Waals surface area contributed by atoms with Gasteiger partial charge < -0.3 is 9.47 Å². The number of carbonyl (C=O) groups excluding carboxylic acids is 1. The maximum atomic E-state index is 11.6. The van der Waals surface area contributed by atoms with Crippen molar-refractivity contribution in [2.24, 2.45) is 5.92 Å². The van der Waals surface area contributed by atoms with Crippen molar-refractivity contribution in [3.8, 4) is 0 Å². The van der Waals surface area contributed by atoms with E-state index in [0.29, 0.717) is 25.4 Å². The van der Waals surface area contributed by atoms with E-state index in [0.717, 1.165) is 0 Å². The predicted molar refractivity (Wildman–Crippen MR) is 42.6 cm³/mol. The molecule has 2 bridgehead atoms. The number of hydrogen-bond acceptors (Lipinski definition) is 3. The van der Waals surface area contributed by atoms with Crippen molar-refractivity contribution in [2.75, 3.05) is 6.61 Å². The third-order valence-corrected chi connectivity index (χ3v) is 2.85. The zero-order valence-electron chi connectivity index (χ0n) is 7.50. The van der Waals surface area contributed by atoms with Gasteiger partial charge in [-0.2, -0.15) is 0 Å². The van der Waals surface area contributed by atoms with E-state index in [1.165, 1.54) is 0 Å². The first kappa shape index (κ1) is 8.20. The van der Waals surface area contributed by atoms with Crippen LogP contribution in [-0.4, -0.2) is 24.3 Å². The molecule has 0 amide bonds. The molecule has 0 aliphatic carbocycles. The Balaban J connectivity index is 2.24. The lowest BCUT2D eigenvalue weighted by Gasteiger charge is -2.31. The molecule has 2 saturated heterocycles. The van der Waals surface area contributed by atoms with E-state index in [9.17, 15) is 4.79 Å². The van der Waals surface area contributed by atoms with Crippen molar-refractivity contribution in [3.05, 3.63) is 0 Å². The summed E-state index contributed by atoms with van der Waals surface area (Å²) < 4.78 is 11.0. The number of Topliss-reactive ketones (excluding diaryl/α,β-unsaturated/α-hetero) is 1. The van der Waals surface area contributed by atoms with Gasteiger partial charge in [0.1, 0.15) is 0 Å². The third-order valence-electron chi connectivity index (χ3n) is 2.85. The quantitative estimate of drug-likeness (QED) is 0.591. The molecule has 2 rings (SSSR count). The Kier molecular flexibility index (Phi) is 1.73. The second-order valence-electron chi connectivity index (χ2n) is 3.68. The molecule has 0 aromatic carbocycles. The van der Waals surface area contributed by atoms with Crippen LogP contribution in [0.3, 0.4) is 0 Å². The molecule has 3 atom stereocenters. The van der Waals surface area contributed by atoms with E-state index in [1.807, 2.05) is 13.8 Å². The molecule has 0 unspecified atom stereocenters. The summed E-state index contributed by atoms with van der Waals surface area (Å²) in [6.07, 6.45) is 1.38. The minimum absolute atomic E-state index is 0.117. The Hall–Kier alpha value is -0.410. The van der Waals surface area contributed by atoms with Crippen molar-refractivity contribution in [1.82, 2.24) is 0 Å². The highest BCUT2D eigenvalue weighted by molar-refractivity contribution is 5.87. The molecular weight excluding hydrogens is 156 g/mol. The third kappa shape index (κ3) is 0.930. The van der Waals surface area contributed by atoms with E-state index in [2.05, 4.69) is 0 Å². The van der Waals surface area contributed by atoms with Gasteiger partial charge in [0.15, 0.2) is 5.78 Å². The molecule has 2 aliphatic rings. The molecule has 0 aromatic heterocycles. The molecule has 0 saturated carbocycles. The van der Waals surface area contributed by atoms with Gasteiger partial charge in [-0.1, -0.05) is 13.8 Å². The lowest BCUT2D eigenvalue weighted by molar-refractivity contribution is -0.199. The smallest absolute Gasteiger partial charge is 0.229 e. The van der Waals surface area contributed by atoms with E-state index in [-0.39, 0.29) is 11.9 Å². The van der Waals surface area contributed by atoms with Crippen LogP contribution >= 0.6 is 0 Å². The van der Waals surface area contributed by atoms with Crippen molar-refractivity contribution < 1.29 is 14.3 Å². The highest BCUT2D eigenvalue weighted by Gasteiger charge is 2.52. The summed E-state index contributed by atoms with van der Waals surface area (Å²) in [7, 11) is 0. The SMILES string of the molecule is CC[C@@]12OC[C@@H](O1)[C@@H](C)CC2=O. The van der Waals surface area contributed by atoms with Crippen LogP contribution in [0.15, 0.2) is 0 Å². The molecule has 3 heteroatoms. The van der Waals surface area contributed by atoms with E-state index < -0.39 is 5.79 Å². The molecule has 0 N–H and O–H groups in total. The van der Waals surface area contributed by atoms with Crippen LogP contribution in [0.5, 0.6) is 0 Å². The maximum absolute atomic E-state index is 11.6. The summed E-state index contributed by atoms with van der Waals surface area (Å²) in [5.74, 6) is -0.428. The normalized spacial score (nSPS) is 46.7. The van der Waals surface area contributed by atoms with Crippen LogP contribution in [0.4, 0.5) is 0 Å². The summed E-state index contributed by atoms with van der Waals surface area (Å²) in [6, 6.07) is 0. The van der Waals surface area contributed by atoms with Gasteiger partial charge >= 0.3 is 0 Å². The molecule has 12 heavy (non-hydrogen) atoms. The number of ether oxygens (including phenoxy) is 2.